The lowest BCUT2D eigenvalue weighted by Gasteiger charge is -2.41. The van der Waals surface area contributed by atoms with Crippen molar-refractivity contribution < 1.29 is 19.1 Å². The zero-order valence-corrected chi connectivity index (χ0v) is 18.3. The highest BCUT2D eigenvalue weighted by atomic mass is 35.5. The highest BCUT2D eigenvalue weighted by Crippen LogP contribution is 2.23. The van der Waals surface area contributed by atoms with Crippen LogP contribution in [0.5, 0.6) is 5.75 Å². The van der Waals surface area contributed by atoms with Gasteiger partial charge in [-0.1, -0.05) is 17.7 Å². The van der Waals surface area contributed by atoms with Gasteiger partial charge in [-0.15, -0.1) is 12.3 Å². The fraction of sp³-hybridized carbons (Fsp3) is 0.318. The standard InChI is InChI=1S/C22H22ClFN4O4/c1-4-5-6-13(2)28-12-26(3)22(32)18-20(30)19(29)16(11-27(18)28)21(31)25-10-14-7-8-15(23)9-17(14)24/h1,7-9,11,13,30H,5-6,10,12H2,2-3H3,(H,25,31)/t13-/m1/s1. The number of terminal acetylenes is 1. The van der Waals surface area contributed by atoms with Gasteiger partial charge in [-0.25, -0.2) is 4.39 Å². The molecule has 0 unspecified atom stereocenters. The zero-order chi connectivity index (χ0) is 23.6. The number of pyridine rings is 1. The third-order valence-electron chi connectivity index (χ3n) is 5.26. The van der Waals surface area contributed by atoms with E-state index in [2.05, 4.69) is 11.2 Å². The Morgan fingerprint density at radius 1 is 1.41 bits per heavy atom. The minimum Gasteiger partial charge on any atom is -0.502 e. The number of rotatable bonds is 6. The molecule has 3 rings (SSSR count). The number of fused-ring (bicyclic) bond motifs is 1. The van der Waals surface area contributed by atoms with E-state index in [-0.39, 0.29) is 41.1 Å². The predicted molar refractivity (Wildman–Crippen MR) is 118 cm³/mol. The van der Waals surface area contributed by atoms with Gasteiger partial charge in [-0.05, 0) is 25.5 Å². The molecule has 0 aliphatic carbocycles. The van der Waals surface area contributed by atoms with E-state index in [1.54, 1.807) is 5.01 Å². The third-order valence-corrected chi connectivity index (χ3v) is 5.50. The molecule has 2 aromatic rings. The average Bonchev–Trinajstić information content (AvgIpc) is 2.75. The van der Waals surface area contributed by atoms with Crippen LogP contribution in [0.3, 0.4) is 0 Å². The Balaban J connectivity index is 1.97. The van der Waals surface area contributed by atoms with E-state index in [9.17, 15) is 23.9 Å². The molecule has 168 valence electrons. The summed E-state index contributed by atoms with van der Waals surface area (Å²) in [5.74, 6) is -0.267. The maximum Gasteiger partial charge on any atom is 0.277 e. The molecule has 0 spiro atoms. The van der Waals surface area contributed by atoms with Gasteiger partial charge in [0.2, 0.25) is 5.43 Å². The third kappa shape index (κ3) is 4.41. The molecule has 1 aromatic heterocycles. The lowest BCUT2D eigenvalue weighted by atomic mass is 10.1. The monoisotopic (exact) mass is 460 g/mol. The maximum absolute atomic E-state index is 14.0. The zero-order valence-electron chi connectivity index (χ0n) is 17.6. The molecule has 8 nitrogen and oxygen atoms in total. The van der Waals surface area contributed by atoms with E-state index in [1.807, 2.05) is 6.92 Å². The summed E-state index contributed by atoms with van der Waals surface area (Å²) in [5.41, 5.74) is -1.44. The van der Waals surface area contributed by atoms with Gasteiger partial charge in [-0.3, -0.25) is 24.1 Å². The molecule has 1 aromatic carbocycles. The lowest BCUT2D eigenvalue weighted by molar-refractivity contribution is 0.0722. The summed E-state index contributed by atoms with van der Waals surface area (Å²) in [5, 5.41) is 14.9. The normalized spacial score (nSPS) is 14.0. The van der Waals surface area contributed by atoms with Gasteiger partial charge in [-0.2, -0.15) is 0 Å². The van der Waals surface area contributed by atoms with Crippen molar-refractivity contribution in [3.63, 3.8) is 0 Å². The second-order valence-electron chi connectivity index (χ2n) is 7.51. The highest BCUT2D eigenvalue weighted by Gasteiger charge is 2.34. The van der Waals surface area contributed by atoms with Gasteiger partial charge in [0, 0.05) is 42.8 Å². The summed E-state index contributed by atoms with van der Waals surface area (Å²) in [7, 11) is 1.54. The number of aromatic hydroxyl groups is 1. The molecule has 0 saturated heterocycles. The first-order valence-corrected chi connectivity index (χ1v) is 10.2. The van der Waals surface area contributed by atoms with E-state index in [0.717, 1.165) is 6.07 Å². The molecule has 2 amide bonds. The Hall–Kier alpha value is -3.51. The molecule has 0 fully saturated rings. The molecular weight excluding hydrogens is 439 g/mol. The van der Waals surface area contributed by atoms with E-state index < -0.39 is 28.8 Å². The summed E-state index contributed by atoms with van der Waals surface area (Å²) < 4.78 is 15.3. The van der Waals surface area contributed by atoms with Crippen molar-refractivity contribution >= 4 is 23.4 Å². The Labute approximate surface area is 189 Å². The Bertz CT molecular complexity index is 1170. The first kappa shape index (κ1) is 23.2. The Morgan fingerprint density at radius 2 is 2.12 bits per heavy atom. The number of amides is 2. The fourth-order valence-corrected chi connectivity index (χ4v) is 3.57. The average molecular weight is 461 g/mol. The number of nitrogens with zero attached hydrogens (tertiary/aromatic N) is 3. The van der Waals surface area contributed by atoms with Crippen LogP contribution < -0.4 is 15.8 Å². The summed E-state index contributed by atoms with van der Waals surface area (Å²) >= 11 is 5.73. The van der Waals surface area contributed by atoms with E-state index in [0.29, 0.717) is 12.8 Å². The van der Waals surface area contributed by atoms with Crippen molar-refractivity contribution in [2.45, 2.75) is 32.4 Å². The van der Waals surface area contributed by atoms with Crippen LogP contribution in [0.2, 0.25) is 5.02 Å². The molecule has 1 aliphatic rings. The second-order valence-corrected chi connectivity index (χ2v) is 7.94. The van der Waals surface area contributed by atoms with Gasteiger partial charge in [0.15, 0.2) is 11.4 Å². The molecule has 0 radical (unpaired) electrons. The topological polar surface area (TPSA) is 94.9 Å². The predicted octanol–water partition coefficient (Wildman–Crippen LogP) is 2.06. The molecule has 1 atom stereocenters. The molecule has 2 heterocycles. The molecule has 10 heteroatoms. The minimum atomic E-state index is -0.995. The van der Waals surface area contributed by atoms with Gasteiger partial charge in [0.1, 0.15) is 18.0 Å². The van der Waals surface area contributed by atoms with Crippen molar-refractivity contribution in [2.75, 3.05) is 18.7 Å². The molecular formula is C22H22ClFN4O4. The van der Waals surface area contributed by atoms with E-state index in [4.69, 9.17) is 18.0 Å². The Morgan fingerprint density at radius 3 is 2.78 bits per heavy atom. The largest absolute Gasteiger partial charge is 0.502 e. The lowest BCUT2D eigenvalue weighted by Crippen LogP contribution is -2.56. The van der Waals surface area contributed by atoms with Crippen molar-refractivity contribution in [1.82, 2.24) is 14.9 Å². The number of hydrogen-bond acceptors (Lipinski definition) is 5. The van der Waals surface area contributed by atoms with Crippen LogP contribution in [0.4, 0.5) is 4.39 Å². The van der Waals surface area contributed by atoms with Crippen LogP contribution in [-0.2, 0) is 6.54 Å². The summed E-state index contributed by atoms with van der Waals surface area (Å²) in [4.78, 5) is 39.4. The van der Waals surface area contributed by atoms with Crippen LogP contribution >= 0.6 is 11.6 Å². The number of carbonyl (C=O) groups is 2. The van der Waals surface area contributed by atoms with E-state index >= 15 is 0 Å². The smallest absolute Gasteiger partial charge is 0.277 e. The quantitative estimate of drug-likeness (QED) is 0.643. The van der Waals surface area contributed by atoms with Crippen molar-refractivity contribution in [3.8, 4) is 18.1 Å². The summed E-state index contributed by atoms with van der Waals surface area (Å²) in [6, 6.07) is 3.84. The van der Waals surface area contributed by atoms with Crippen LogP contribution in [0.15, 0.2) is 29.2 Å². The molecule has 1 aliphatic heterocycles. The summed E-state index contributed by atoms with van der Waals surface area (Å²) in [6.45, 7) is 1.84. The number of aromatic nitrogens is 1. The van der Waals surface area contributed by atoms with Crippen LogP contribution in [0, 0.1) is 18.2 Å². The van der Waals surface area contributed by atoms with Crippen molar-refractivity contribution in [3.05, 3.63) is 62.3 Å². The van der Waals surface area contributed by atoms with Crippen molar-refractivity contribution in [1.29, 1.82) is 0 Å². The first-order chi connectivity index (χ1) is 15.1. The maximum atomic E-state index is 14.0. The summed E-state index contributed by atoms with van der Waals surface area (Å²) in [6.07, 6.45) is 7.63. The van der Waals surface area contributed by atoms with Gasteiger partial charge < -0.3 is 15.3 Å². The minimum absolute atomic E-state index is 0.164. The Kier molecular flexibility index (Phi) is 6.75. The van der Waals surface area contributed by atoms with Crippen LogP contribution in [0.25, 0.3) is 0 Å². The SMILES string of the molecule is C#CCC[C@@H](C)N1CN(C)C(=O)c2c(O)c(=O)c(C(=O)NCc3ccc(Cl)cc3F)cn21. The second kappa shape index (κ2) is 9.32. The van der Waals surface area contributed by atoms with Gasteiger partial charge >= 0.3 is 0 Å². The number of halogens is 2. The fourth-order valence-electron chi connectivity index (χ4n) is 3.41. The highest BCUT2D eigenvalue weighted by molar-refractivity contribution is 6.30. The first-order valence-electron chi connectivity index (χ1n) is 9.82. The number of benzene rings is 1. The number of nitrogens with one attached hydrogen (secondary N) is 1. The van der Waals surface area contributed by atoms with Crippen LogP contribution in [-0.4, -0.2) is 46.3 Å². The van der Waals surface area contributed by atoms with E-state index in [1.165, 1.54) is 35.0 Å². The molecule has 0 bridgehead atoms. The molecule has 32 heavy (non-hydrogen) atoms. The number of hydrogen-bond donors (Lipinski definition) is 2. The molecule has 0 saturated carbocycles. The van der Waals surface area contributed by atoms with Gasteiger partial charge in [0.05, 0.1) is 0 Å². The van der Waals surface area contributed by atoms with Gasteiger partial charge in [0.25, 0.3) is 11.8 Å². The number of carbonyl (C=O) groups excluding carboxylic acids is 2. The van der Waals surface area contributed by atoms with Crippen LogP contribution in [0.1, 0.15) is 46.2 Å². The molecule has 2 N–H and O–H groups in total. The van der Waals surface area contributed by atoms with Crippen molar-refractivity contribution in [2.24, 2.45) is 0 Å².